The molecule has 0 unspecified atom stereocenters. The maximum Gasteiger partial charge on any atom is 0.253 e. The molecule has 1 heterocycles. The molecule has 0 aliphatic carbocycles. The highest BCUT2D eigenvalue weighted by atomic mass is 16.3. The molecule has 0 bridgehead atoms. The fraction of sp³-hybridized carbons (Fsp3) is 0.462. The lowest BCUT2D eigenvalue weighted by atomic mass is 10.1. The molecule has 1 atom stereocenters. The van der Waals surface area contributed by atoms with Gasteiger partial charge < -0.3 is 15.7 Å². The summed E-state index contributed by atoms with van der Waals surface area (Å²) in [7, 11) is 0. The second kappa shape index (κ2) is 5.29. The van der Waals surface area contributed by atoms with Gasteiger partial charge in [-0.15, -0.1) is 0 Å². The van der Waals surface area contributed by atoms with E-state index in [2.05, 4.69) is 0 Å². The summed E-state index contributed by atoms with van der Waals surface area (Å²) in [5.41, 5.74) is 7.27. The van der Waals surface area contributed by atoms with Gasteiger partial charge in [0.15, 0.2) is 0 Å². The SMILES string of the molecule is NCCc1cccc(C(=O)N2CC[C@@H](O)C2)c1. The lowest BCUT2D eigenvalue weighted by Crippen LogP contribution is -2.29. The van der Waals surface area contributed by atoms with Crippen molar-refractivity contribution >= 4 is 5.91 Å². The zero-order chi connectivity index (χ0) is 12.3. The van der Waals surface area contributed by atoms with Crippen molar-refractivity contribution < 1.29 is 9.90 Å². The van der Waals surface area contributed by atoms with Crippen molar-refractivity contribution in [3.8, 4) is 0 Å². The van der Waals surface area contributed by atoms with Crippen LogP contribution in [0, 0.1) is 0 Å². The number of aliphatic hydroxyl groups excluding tert-OH is 1. The molecule has 3 N–H and O–H groups in total. The van der Waals surface area contributed by atoms with Gasteiger partial charge in [0.2, 0.25) is 0 Å². The fourth-order valence-electron chi connectivity index (χ4n) is 2.14. The van der Waals surface area contributed by atoms with Gasteiger partial charge in [0.1, 0.15) is 0 Å². The predicted molar refractivity (Wildman–Crippen MR) is 65.7 cm³/mol. The highest BCUT2D eigenvalue weighted by Gasteiger charge is 2.25. The largest absolute Gasteiger partial charge is 0.391 e. The van der Waals surface area contributed by atoms with Crippen LogP contribution >= 0.6 is 0 Å². The van der Waals surface area contributed by atoms with Crippen LogP contribution in [-0.4, -0.2) is 41.7 Å². The Labute approximate surface area is 101 Å². The highest BCUT2D eigenvalue weighted by molar-refractivity contribution is 5.94. The number of rotatable bonds is 3. The lowest BCUT2D eigenvalue weighted by Gasteiger charge is -2.15. The average molecular weight is 234 g/mol. The first kappa shape index (κ1) is 12.1. The van der Waals surface area contributed by atoms with Crippen molar-refractivity contribution in [2.24, 2.45) is 5.73 Å². The molecule has 92 valence electrons. The second-order valence-corrected chi connectivity index (χ2v) is 4.43. The van der Waals surface area contributed by atoms with Gasteiger partial charge >= 0.3 is 0 Å². The fourth-order valence-corrected chi connectivity index (χ4v) is 2.14. The van der Waals surface area contributed by atoms with Gasteiger partial charge in [-0.1, -0.05) is 12.1 Å². The first-order valence-corrected chi connectivity index (χ1v) is 5.97. The molecular formula is C13H18N2O2. The summed E-state index contributed by atoms with van der Waals surface area (Å²) in [6, 6.07) is 7.56. The van der Waals surface area contributed by atoms with E-state index < -0.39 is 0 Å². The Morgan fingerprint density at radius 1 is 1.53 bits per heavy atom. The van der Waals surface area contributed by atoms with E-state index in [4.69, 9.17) is 5.73 Å². The maximum atomic E-state index is 12.1. The van der Waals surface area contributed by atoms with Gasteiger partial charge in [-0.25, -0.2) is 0 Å². The lowest BCUT2D eigenvalue weighted by molar-refractivity contribution is 0.0765. The van der Waals surface area contributed by atoms with Crippen molar-refractivity contribution in [2.45, 2.75) is 18.9 Å². The topological polar surface area (TPSA) is 66.6 Å². The molecule has 0 spiro atoms. The van der Waals surface area contributed by atoms with Gasteiger partial charge in [0.25, 0.3) is 5.91 Å². The van der Waals surface area contributed by atoms with Gasteiger partial charge in [0.05, 0.1) is 6.10 Å². The third-order valence-corrected chi connectivity index (χ3v) is 3.06. The molecule has 4 nitrogen and oxygen atoms in total. The van der Waals surface area contributed by atoms with Crippen LogP contribution in [0.25, 0.3) is 0 Å². The van der Waals surface area contributed by atoms with Crippen LogP contribution in [0.5, 0.6) is 0 Å². The Bertz CT molecular complexity index is 406. The first-order valence-electron chi connectivity index (χ1n) is 5.97. The average Bonchev–Trinajstić information content (AvgIpc) is 2.76. The van der Waals surface area contributed by atoms with Gasteiger partial charge in [0, 0.05) is 18.7 Å². The Morgan fingerprint density at radius 2 is 2.35 bits per heavy atom. The smallest absolute Gasteiger partial charge is 0.253 e. The molecule has 1 fully saturated rings. The number of likely N-dealkylation sites (tertiary alicyclic amines) is 1. The molecular weight excluding hydrogens is 216 g/mol. The minimum Gasteiger partial charge on any atom is -0.391 e. The van der Waals surface area contributed by atoms with E-state index in [9.17, 15) is 9.90 Å². The molecule has 1 saturated heterocycles. The zero-order valence-corrected chi connectivity index (χ0v) is 9.80. The number of hydrogen-bond donors (Lipinski definition) is 2. The second-order valence-electron chi connectivity index (χ2n) is 4.43. The number of benzene rings is 1. The van der Waals surface area contributed by atoms with E-state index in [1.54, 1.807) is 4.90 Å². The van der Waals surface area contributed by atoms with Gasteiger partial charge in [-0.05, 0) is 37.1 Å². The van der Waals surface area contributed by atoms with Crippen LogP contribution in [0.3, 0.4) is 0 Å². The third-order valence-electron chi connectivity index (χ3n) is 3.06. The number of aliphatic hydroxyl groups is 1. The van der Waals surface area contributed by atoms with E-state index in [0.717, 1.165) is 12.0 Å². The highest BCUT2D eigenvalue weighted by Crippen LogP contribution is 2.14. The summed E-state index contributed by atoms with van der Waals surface area (Å²) in [5.74, 6) is 0.000390. The van der Waals surface area contributed by atoms with Crippen molar-refractivity contribution in [1.82, 2.24) is 4.90 Å². The molecule has 17 heavy (non-hydrogen) atoms. The Kier molecular flexibility index (Phi) is 3.76. The molecule has 0 radical (unpaired) electrons. The number of carbonyl (C=O) groups excluding carboxylic acids is 1. The quantitative estimate of drug-likeness (QED) is 0.795. The first-order chi connectivity index (χ1) is 8.20. The molecule has 0 aromatic heterocycles. The van der Waals surface area contributed by atoms with Crippen molar-refractivity contribution in [3.63, 3.8) is 0 Å². The van der Waals surface area contributed by atoms with E-state index in [1.165, 1.54) is 0 Å². The number of nitrogens with zero attached hydrogens (tertiary/aromatic N) is 1. The monoisotopic (exact) mass is 234 g/mol. The van der Waals surface area contributed by atoms with Gasteiger partial charge in [-0.2, -0.15) is 0 Å². The number of β-amino-alcohol motifs (C(OH)–C–C–N with tert-alkyl or cyclic N) is 1. The Morgan fingerprint density at radius 3 is 3.00 bits per heavy atom. The molecule has 1 aliphatic rings. The molecule has 1 aromatic carbocycles. The Hall–Kier alpha value is -1.39. The van der Waals surface area contributed by atoms with E-state index in [-0.39, 0.29) is 12.0 Å². The van der Waals surface area contributed by atoms with E-state index in [0.29, 0.717) is 31.6 Å². The molecule has 4 heteroatoms. The molecule has 1 aliphatic heterocycles. The van der Waals surface area contributed by atoms with Crippen LogP contribution in [0.1, 0.15) is 22.3 Å². The number of carbonyl (C=O) groups is 1. The van der Waals surface area contributed by atoms with Crippen LogP contribution in [-0.2, 0) is 6.42 Å². The summed E-state index contributed by atoms with van der Waals surface area (Å²) in [6.45, 7) is 1.67. The summed E-state index contributed by atoms with van der Waals surface area (Å²) in [6.07, 6.45) is 1.09. The zero-order valence-electron chi connectivity index (χ0n) is 9.80. The molecule has 2 rings (SSSR count). The number of nitrogens with two attached hydrogens (primary N) is 1. The van der Waals surface area contributed by atoms with E-state index in [1.807, 2.05) is 24.3 Å². The van der Waals surface area contributed by atoms with Crippen molar-refractivity contribution in [3.05, 3.63) is 35.4 Å². The Balaban J connectivity index is 2.10. The standard InChI is InChI=1S/C13H18N2O2/c14-6-4-10-2-1-3-11(8-10)13(17)15-7-5-12(16)9-15/h1-3,8,12,16H,4-7,9,14H2/t12-/m1/s1. The number of amides is 1. The normalized spacial score (nSPS) is 19.6. The third kappa shape index (κ3) is 2.84. The maximum absolute atomic E-state index is 12.1. The van der Waals surface area contributed by atoms with Crippen LogP contribution in [0.4, 0.5) is 0 Å². The molecule has 1 amide bonds. The summed E-state index contributed by atoms with van der Waals surface area (Å²) < 4.78 is 0. The van der Waals surface area contributed by atoms with Crippen molar-refractivity contribution in [1.29, 1.82) is 0 Å². The number of hydrogen-bond acceptors (Lipinski definition) is 3. The minimum absolute atomic E-state index is 0.000390. The van der Waals surface area contributed by atoms with Crippen LogP contribution < -0.4 is 5.73 Å². The molecule has 1 aromatic rings. The van der Waals surface area contributed by atoms with Crippen molar-refractivity contribution in [2.75, 3.05) is 19.6 Å². The van der Waals surface area contributed by atoms with Crippen LogP contribution in [0.15, 0.2) is 24.3 Å². The van der Waals surface area contributed by atoms with Gasteiger partial charge in [-0.3, -0.25) is 4.79 Å². The molecule has 0 saturated carbocycles. The summed E-state index contributed by atoms with van der Waals surface area (Å²) >= 11 is 0. The minimum atomic E-state index is -0.369. The predicted octanol–water partition coefficient (Wildman–Crippen LogP) is 0.395. The summed E-state index contributed by atoms with van der Waals surface area (Å²) in [4.78, 5) is 13.8. The summed E-state index contributed by atoms with van der Waals surface area (Å²) in [5, 5.41) is 9.42. The van der Waals surface area contributed by atoms with E-state index >= 15 is 0 Å². The van der Waals surface area contributed by atoms with Crippen LogP contribution in [0.2, 0.25) is 0 Å².